The highest BCUT2D eigenvalue weighted by Crippen LogP contribution is 2.31. The van der Waals surface area contributed by atoms with E-state index in [9.17, 15) is 25.3 Å². The minimum absolute atomic E-state index is 0.0720. The Morgan fingerprint density at radius 3 is 1.58 bits per heavy atom. The van der Waals surface area contributed by atoms with Crippen molar-refractivity contribution in [1.82, 2.24) is 0 Å². The summed E-state index contributed by atoms with van der Waals surface area (Å²) in [7, 11) is -12.6. The summed E-state index contributed by atoms with van der Waals surface area (Å²) in [4.78, 5) is -1.02. The standard InChI is InChI=1S/C20H20N2O6S3/c1-14-3-7-16(8-4-14)29(23,24)20-12-11-18(30(21,25)26)13-19(20)22-31(27,28)17-9-5-15(2)6-10-17/h3-13,22H,1-2H3,(H2,21,25,26). The molecule has 0 fully saturated rings. The van der Waals surface area contributed by atoms with E-state index >= 15 is 0 Å². The van der Waals surface area contributed by atoms with Crippen LogP contribution in [0.3, 0.4) is 0 Å². The van der Waals surface area contributed by atoms with Crippen molar-refractivity contribution >= 4 is 35.6 Å². The number of primary sulfonamides is 1. The highest BCUT2D eigenvalue weighted by Gasteiger charge is 2.26. The van der Waals surface area contributed by atoms with Crippen LogP contribution in [0.15, 0.2) is 86.3 Å². The topological polar surface area (TPSA) is 140 Å². The lowest BCUT2D eigenvalue weighted by atomic mass is 10.2. The number of sulfone groups is 1. The van der Waals surface area contributed by atoms with Crippen LogP contribution in [0.1, 0.15) is 11.1 Å². The number of benzene rings is 3. The van der Waals surface area contributed by atoms with Crippen LogP contribution in [-0.2, 0) is 29.9 Å². The van der Waals surface area contributed by atoms with Crippen LogP contribution < -0.4 is 9.86 Å². The second-order valence-electron chi connectivity index (χ2n) is 6.94. The molecule has 3 N–H and O–H groups in total. The van der Waals surface area contributed by atoms with E-state index in [1.807, 2.05) is 0 Å². The van der Waals surface area contributed by atoms with Gasteiger partial charge in [-0.15, -0.1) is 0 Å². The molecular weight excluding hydrogens is 460 g/mol. The number of nitrogens with two attached hydrogens (primary N) is 1. The van der Waals surface area contributed by atoms with Crippen molar-refractivity contribution in [2.75, 3.05) is 4.72 Å². The summed E-state index contributed by atoms with van der Waals surface area (Å²) in [6, 6.07) is 14.8. The minimum atomic E-state index is -4.21. The molecular formula is C20H20N2O6S3. The van der Waals surface area contributed by atoms with Gasteiger partial charge in [0.15, 0.2) is 0 Å². The molecule has 0 saturated carbocycles. The molecule has 3 rings (SSSR count). The molecule has 0 unspecified atom stereocenters. The van der Waals surface area contributed by atoms with E-state index in [-0.39, 0.29) is 9.79 Å². The van der Waals surface area contributed by atoms with Crippen LogP contribution in [0.25, 0.3) is 0 Å². The summed E-state index contributed by atoms with van der Waals surface area (Å²) in [5, 5.41) is 5.15. The molecule has 0 radical (unpaired) electrons. The average Bonchev–Trinajstić information content (AvgIpc) is 2.67. The SMILES string of the molecule is Cc1ccc(S(=O)(=O)Nc2cc(S(N)(=O)=O)ccc2S(=O)(=O)c2ccc(C)cc2)cc1. The fourth-order valence-electron chi connectivity index (χ4n) is 2.77. The third-order valence-electron chi connectivity index (χ3n) is 4.48. The Kier molecular flexibility index (Phi) is 5.98. The van der Waals surface area contributed by atoms with Crippen molar-refractivity contribution in [3.63, 3.8) is 0 Å². The van der Waals surface area contributed by atoms with Gasteiger partial charge in [-0.2, -0.15) is 0 Å². The molecule has 8 nitrogen and oxygen atoms in total. The van der Waals surface area contributed by atoms with Gasteiger partial charge in [-0.05, 0) is 56.3 Å². The summed E-state index contributed by atoms with van der Waals surface area (Å²) in [6.07, 6.45) is 0. The van der Waals surface area contributed by atoms with Gasteiger partial charge in [0.1, 0.15) is 0 Å². The van der Waals surface area contributed by atoms with E-state index in [0.717, 1.165) is 29.3 Å². The molecule has 3 aromatic carbocycles. The van der Waals surface area contributed by atoms with E-state index in [0.29, 0.717) is 0 Å². The van der Waals surface area contributed by atoms with E-state index in [1.54, 1.807) is 38.1 Å². The second kappa shape index (κ2) is 8.08. The zero-order chi connectivity index (χ0) is 23.0. The zero-order valence-electron chi connectivity index (χ0n) is 16.6. The first-order chi connectivity index (χ1) is 14.3. The summed E-state index contributed by atoms with van der Waals surface area (Å²) in [6.45, 7) is 3.57. The third-order valence-corrected chi connectivity index (χ3v) is 8.60. The van der Waals surface area contributed by atoms with Crippen LogP contribution >= 0.6 is 0 Å². The first-order valence-electron chi connectivity index (χ1n) is 8.89. The lowest BCUT2D eigenvalue weighted by Crippen LogP contribution is -2.18. The Morgan fingerprint density at radius 1 is 0.645 bits per heavy atom. The van der Waals surface area contributed by atoms with Crippen molar-refractivity contribution in [2.45, 2.75) is 33.4 Å². The number of aryl methyl sites for hydroxylation is 2. The van der Waals surface area contributed by atoms with E-state index in [1.165, 1.54) is 24.3 Å². The van der Waals surface area contributed by atoms with Gasteiger partial charge >= 0.3 is 0 Å². The zero-order valence-corrected chi connectivity index (χ0v) is 19.1. The average molecular weight is 481 g/mol. The van der Waals surface area contributed by atoms with Gasteiger partial charge in [-0.1, -0.05) is 35.4 Å². The molecule has 31 heavy (non-hydrogen) atoms. The molecule has 11 heteroatoms. The lowest BCUT2D eigenvalue weighted by Gasteiger charge is -2.15. The Balaban J connectivity index is 2.19. The normalized spacial score (nSPS) is 12.5. The maximum atomic E-state index is 13.2. The lowest BCUT2D eigenvalue weighted by molar-refractivity contribution is 0.592. The molecule has 0 spiro atoms. The van der Waals surface area contributed by atoms with Crippen molar-refractivity contribution < 1.29 is 25.3 Å². The highest BCUT2D eigenvalue weighted by atomic mass is 32.2. The van der Waals surface area contributed by atoms with E-state index < -0.39 is 45.4 Å². The van der Waals surface area contributed by atoms with Crippen LogP contribution in [-0.4, -0.2) is 25.3 Å². The maximum Gasteiger partial charge on any atom is 0.261 e. The number of anilines is 1. The Morgan fingerprint density at radius 2 is 1.10 bits per heavy atom. The van der Waals surface area contributed by atoms with Crippen LogP contribution in [0, 0.1) is 13.8 Å². The molecule has 0 aliphatic carbocycles. The molecule has 0 aliphatic rings. The Labute approximate surface area is 181 Å². The van der Waals surface area contributed by atoms with Crippen molar-refractivity contribution in [2.24, 2.45) is 5.14 Å². The fraction of sp³-hybridized carbons (Fsp3) is 0.100. The van der Waals surface area contributed by atoms with E-state index in [4.69, 9.17) is 5.14 Å². The highest BCUT2D eigenvalue weighted by molar-refractivity contribution is 7.93. The predicted octanol–water partition coefficient (Wildman–Crippen LogP) is 2.58. The summed E-state index contributed by atoms with van der Waals surface area (Å²) < 4.78 is 77.8. The molecule has 0 heterocycles. The van der Waals surface area contributed by atoms with Gasteiger partial charge in [-0.25, -0.2) is 30.4 Å². The first-order valence-corrected chi connectivity index (χ1v) is 13.4. The quantitative estimate of drug-likeness (QED) is 0.556. The molecule has 0 amide bonds. The second-order valence-corrected chi connectivity index (χ2v) is 12.1. The molecule has 0 bridgehead atoms. The Hall–Kier alpha value is -2.73. The molecule has 164 valence electrons. The van der Waals surface area contributed by atoms with Crippen LogP contribution in [0.5, 0.6) is 0 Å². The number of rotatable bonds is 6. The predicted molar refractivity (Wildman–Crippen MR) is 116 cm³/mol. The van der Waals surface area contributed by atoms with Gasteiger partial charge in [0.2, 0.25) is 19.9 Å². The minimum Gasteiger partial charge on any atom is -0.278 e. The number of sulfonamides is 2. The molecule has 0 aliphatic heterocycles. The summed E-state index contributed by atoms with van der Waals surface area (Å²) in [5.41, 5.74) is 1.24. The van der Waals surface area contributed by atoms with Gasteiger partial charge < -0.3 is 0 Å². The van der Waals surface area contributed by atoms with Gasteiger partial charge in [0.25, 0.3) is 10.0 Å². The number of hydrogen-bond acceptors (Lipinski definition) is 6. The third kappa shape index (κ3) is 4.96. The molecule has 0 atom stereocenters. The van der Waals surface area contributed by atoms with Crippen LogP contribution in [0.4, 0.5) is 5.69 Å². The molecule has 0 aromatic heterocycles. The summed E-state index contributed by atoms with van der Waals surface area (Å²) in [5.74, 6) is 0. The van der Waals surface area contributed by atoms with Crippen molar-refractivity contribution in [1.29, 1.82) is 0 Å². The number of nitrogens with one attached hydrogen (secondary N) is 1. The monoisotopic (exact) mass is 480 g/mol. The molecule has 0 saturated heterocycles. The smallest absolute Gasteiger partial charge is 0.261 e. The van der Waals surface area contributed by atoms with Gasteiger partial charge in [-0.3, -0.25) is 4.72 Å². The van der Waals surface area contributed by atoms with Gasteiger partial charge in [0.05, 0.1) is 25.3 Å². The number of hydrogen-bond donors (Lipinski definition) is 2. The largest absolute Gasteiger partial charge is 0.278 e. The maximum absolute atomic E-state index is 13.2. The fourth-order valence-corrected chi connectivity index (χ4v) is 5.84. The summed E-state index contributed by atoms with van der Waals surface area (Å²) >= 11 is 0. The first kappa shape index (κ1) is 22.9. The van der Waals surface area contributed by atoms with Crippen LogP contribution in [0.2, 0.25) is 0 Å². The van der Waals surface area contributed by atoms with Crippen molar-refractivity contribution in [3.8, 4) is 0 Å². The Bertz CT molecular complexity index is 1440. The van der Waals surface area contributed by atoms with E-state index in [2.05, 4.69) is 4.72 Å². The molecule has 3 aromatic rings. The van der Waals surface area contributed by atoms with Gasteiger partial charge in [0, 0.05) is 0 Å². The van der Waals surface area contributed by atoms with Crippen molar-refractivity contribution in [3.05, 3.63) is 77.9 Å².